The third-order valence-corrected chi connectivity index (χ3v) is 5.83. The van der Waals surface area contributed by atoms with Gasteiger partial charge >= 0.3 is 5.97 Å². The summed E-state index contributed by atoms with van der Waals surface area (Å²) in [5, 5.41) is 0. The fraction of sp³-hybridized carbons (Fsp3) is 0.414. The van der Waals surface area contributed by atoms with Crippen molar-refractivity contribution in [2.75, 3.05) is 44.4 Å². The lowest BCUT2D eigenvalue weighted by Gasteiger charge is -2.20. The van der Waals surface area contributed by atoms with Crippen LogP contribution in [0.3, 0.4) is 0 Å². The number of rotatable bonds is 10. The smallest absolute Gasteiger partial charge is 0.332 e. The first-order chi connectivity index (χ1) is 17.4. The van der Waals surface area contributed by atoms with Crippen LogP contribution in [0.25, 0.3) is 22.5 Å². The minimum atomic E-state index is -0.501. The molecule has 7 nitrogen and oxygen atoms in total. The molecule has 4 rings (SSSR count). The molecule has 1 aliphatic heterocycles. The van der Waals surface area contributed by atoms with E-state index in [4.69, 9.17) is 24.2 Å². The van der Waals surface area contributed by atoms with Crippen molar-refractivity contribution in [3.8, 4) is 22.5 Å². The minimum Gasteiger partial charge on any atom is -0.458 e. The molecule has 1 unspecified atom stereocenters. The number of ether oxygens (including phenoxy) is 3. The van der Waals surface area contributed by atoms with Crippen LogP contribution in [0.2, 0.25) is 0 Å². The van der Waals surface area contributed by atoms with Crippen LogP contribution in [0.5, 0.6) is 0 Å². The molecular weight excluding hydrogens is 454 g/mol. The van der Waals surface area contributed by atoms with E-state index in [1.165, 1.54) is 0 Å². The van der Waals surface area contributed by atoms with Crippen molar-refractivity contribution in [2.45, 2.75) is 32.8 Å². The lowest BCUT2D eigenvalue weighted by molar-refractivity contribution is -0.160. The van der Waals surface area contributed by atoms with Crippen LogP contribution in [0.1, 0.15) is 27.2 Å². The Kier molecular flexibility index (Phi) is 8.67. The van der Waals surface area contributed by atoms with Gasteiger partial charge in [0.15, 0.2) is 0 Å². The molecule has 0 bridgehead atoms. The Morgan fingerprint density at radius 3 is 2.25 bits per heavy atom. The molecule has 2 heterocycles. The molecule has 36 heavy (non-hydrogen) atoms. The summed E-state index contributed by atoms with van der Waals surface area (Å²) in [6.07, 6.45) is 2.91. The number of anilines is 1. The van der Waals surface area contributed by atoms with Gasteiger partial charge in [-0.05, 0) is 27.2 Å². The quantitative estimate of drug-likeness (QED) is 0.293. The number of hydrogen-bond donors (Lipinski definition) is 0. The van der Waals surface area contributed by atoms with E-state index in [-0.39, 0.29) is 12.6 Å². The highest BCUT2D eigenvalue weighted by atomic mass is 16.6. The molecule has 0 spiro atoms. The summed E-state index contributed by atoms with van der Waals surface area (Å²) >= 11 is 0. The van der Waals surface area contributed by atoms with Gasteiger partial charge in [-0.15, -0.1) is 0 Å². The van der Waals surface area contributed by atoms with Crippen LogP contribution in [-0.2, 0) is 19.0 Å². The molecule has 1 atom stereocenters. The summed E-state index contributed by atoms with van der Waals surface area (Å²) in [6, 6.07) is 20.4. The highest BCUT2D eigenvalue weighted by Gasteiger charge is 2.25. The number of carbonyl (C=O) groups excluding carboxylic acids is 1. The van der Waals surface area contributed by atoms with Gasteiger partial charge in [0.25, 0.3) is 0 Å². The second kappa shape index (κ2) is 12.1. The summed E-state index contributed by atoms with van der Waals surface area (Å²) in [6.45, 7) is 8.70. The van der Waals surface area contributed by atoms with E-state index in [1.807, 2.05) is 63.4 Å². The van der Waals surface area contributed by atoms with E-state index >= 15 is 0 Å². The second-order valence-electron chi connectivity index (χ2n) is 9.97. The molecule has 1 fully saturated rings. The van der Waals surface area contributed by atoms with Gasteiger partial charge in [0.05, 0.1) is 37.4 Å². The van der Waals surface area contributed by atoms with Gasteiger partial charge in [-0.3, -0.25) is 4.98 Å². The SMILES string of the molecule is CC(C)(C)OC(=O)COCCOCC1CCN(c2cnc(-c3ccccc3)c(-c3ccccc3)n2)C1. The molecule has 0 N–H and O–H groups in total. The van der Waals surface area contributed by atoms with Gasteiger partial charge in [-0.1, -0.05) is 60.7 Å². The van der Waals surface area contributed by atoms with Gasteiger partial charge in [-0.2, -0.15) is 0 Å². The van der Waals surface area contributed by atoms with E-state index in [1.54, 1.807) is 0 Å². The van der Waals surface area contributed by atoms with Crippen LogP contribution in [0, 0.1) is 5.92 Å². The number of nitrogens with zero attached hydrogens (tertiary/aromatic N) is 3. The number of hydrogen-bond acceptors (Lipinski definition) is 7. The first-order valence-corrected chi connectivity index (χ1v) is 12.5. The Morgan fingerprint density at radius 1 is 0.944 bits per heavy atom. The van der Waals surface area contributed by atoms with E-state index in [0.717, 1.165) is 47.8 Å². The Balaban J connectivity index is 1.30. The normalized spacial score (nSPS) is 15.8. The van der Waals surface area contributed by atoms with E-state index < -0.39 is 5.60 Å². The summed E-state index contributed by atoms with van der Waals surface area (Å²) in [4.78, 5) is 23.9. The molecule has 0 saturated carbocycles. The fourth-order valence-corrected chi connectivity index (χ4v) is 4.21. The first-order valence-electron chi connectivity index (χ1n) is 12.5. The van der Waals surface area contributed by atoms with Crippen LogP contribution in [-0.4, -0.2) is 61.1 Å². The maximum Gasteiger partial charge on any atom is 0.332 e. The maximum atomic E-state index is 11.7. The minimum absolute atomic E-state index is 0.0563. The summed E-state index contributed by atoms with van der Waals surface area (Å²) < 4.78 is 16.4. The van der Waals surface area contributed by atoms with Crippen molar-refractivity contribution in [1.82, 2.24) is 9.97 Å². The van der Waals surface area contributed by atoms with Gasteiger partial charge in [0.1, 0.15) is 18.0 Å². The van der Waals surface area contributed by atoms with Gasteiger partial charge in [-0.25, -0.2) is 9.78 Å². The molecule has 1 saturated heterocycles. The zero-order chi connectivity index (χ0) is 25.4. The number of esters is 1. The number of aromatic nitrogens is 2. The molecule has 0 aliphatic carbocycles. The van der Waals surface area contributed by atoms with Crippen LogP contribution in [0.4, 0.5) is 5.82 Å². The molecule has 3 aromatic rings. The van der Waals surface area contributed by atoms with Gasteiger partial charge in [0, 0.05) is 30.1 Å². The average molecular weight is 490 g/mol. The lowest BCUT2D eigenvalue weighted by atomic mass is 10.0. The van der Waals surface area contributed by atoms with Crippen LogP contribution < -0.4 is 4.90 Å². The fourth-order valence-electron chi connectivity index (χ4n) is 4.21. The first kappa shape index (κ1) is 25.8. The Morgan fingerprint density at radius 2 is 1.58 bits per heavy atom. The maximum absolute atomic E-state index is 11.7. The molecule has 190 valence electrons. The zero-order valence-corrected chi connectivity index (χ0v) is 21.4. The van der Waals surface area contributed by atoms with Crippen LogP contribution >= 0.6 is 0 Å². The highest BCUT2D eigenvalue weighted by molar-refractivity contribution is 5.78. The van der Waals surface area contributed by atoms with Crippen molar-refractivity contribution >= 4 is 11.8 Å². The second-order valence-corrected chi connectivity index (χ2v) is 9.97. The third-order valence-electron chi connectivity index (χ3n) is 5.83. The summed E-state index contributed by atoms with van der Waals surface area (Å²) in [5.74, 6) is 0.937. The standard InChI is InChI=1S/C29H35N3O4/c1-29(2,3)36-26(33)21-35-17-16-34-20-22-14-15-32(19-22)25-18-30-27(23-10-6-4-7-11-23)28(31-25)24-12-8-5-9-13-24/h4-13,18,22H,14-17,19-21H2,1-3H3. The molecule has 0 amide bonds. The number of benzene rings is 2. The van der Waals surface area contributed by atoms with E-state index in [2.05, 4.69) is 29.2 Å². The number of carbonyl (C=O) groups is 1. The predicted molar refractivity (Wildman–Crippen MR) is 141 cm³/mol. The molecule has 7 heteroatoms. The third kappa shape index (κ3) is 7.35. The Hall–Kier alpha value is -3.29. The topological polar surface area (TPSA) is 73.8 Å². The van der Waals surface area contributed by atoms with E-state index in [9.17, 15) is 4.79 Å². The molecule has 2 aromatic carbocycles. The highest BCUT2D eigenvalue weighted by Crippen LogP contribution is 2.31. The molecule has 0 radical (unpaired) electrons. The summed E-state index contributed by atoms with van der Waals surface area (Å²) in [5.41, 5.74) is 3.38. The Bertz CT molecular complexity index is 1120. The van der Waals surface area contributed by atoms with Crippen molar-refractivity contribution < 1.29 is 19.0 Å². The van der Waals surface area contributed by atoms with Crippen molar-refractivity contribution in [1.29, 1.82) is 0 Å². The predicted octanol–water partition coefficient (Wildman–Crippen LogP) is 5.01. The molecular formula is C29H35N3O4. The van der Waals surface area contributed by atoms with Crippen molar-refractivity contribution in [3.05, 3.63) is 66.9 Å². The average Bonchev–Trinajstić information content (AvgIpc) is 3.35. The van der Waals surface area contributed by atoms with E-state index in [0.29, 0.717) is 25.7 Å². The largest absolute Gasteiger partial charge is 0.458 e. The van der Waals surface area contributed by atoms with Crippen molar-refractivity contribution in [2.24, 2.45) is 5.92 Å². The van der Waals surface area contributed by atoms with Gasteiger partial charge < -0.3 is 19.1 Å². The van der Waals surface area contributed by atoms with Crippen LogP contribution in [0.15, 0.2) is 66.9 Å². The molecule has 1 aliphatic rings. The zero-order valence-electron chi connectivity index (χ0n) is 21.4. The van der Waals surface area contributed by atoms with Gasteiger partial charge in [0.2, 0.25) is 0 Å². The molecule has 1 aromatic heterocycles. The van der Waals surface area contributed by atoms with Crippen molar-refractivity contribution in [3.63, 3.8) is 0 Å². The monoisotopic (exact) mass is 489 g/mol. The lowest BCUT2D eigenvalue weighted by Crippen LogP contribution is -2.27. The Labute approximate surface area is 213 Å². The summed E-state index contributed by atoms with van der Waals surface area (Å²) in [7, 11) is 0.